The Morgan fingerprint density at radius 3 is 3.00 bits per heavy atom. The molecule has 0 atom stereocenters. The molecule has 6 heteroatoms. The van der Waals surface area contributed by atoms with Crippen molar-refractivity contribution in [3.05, 3.63) is 34.1 Å². The number of nitriles is 1. The van der Waals surface area contributed by atoms with Crippen LogP contribution >= 0.6 is 0 Å². The monoisotopic (exact) mass is 211 g/mol. The van der Waals surface area contributed by atoms with E-state index in [1.165, 1.54) is 6.20 Å². The van der Waals surface area contributed by atoms with Gasteiger partial charge in [0.15, 0.2) is 0 Å². The van der Waals surface area contributed by atoms with Crippen LogP contribution in [0, 0.1) is 11.3 Å². The quantitative estimate of drug-likeness (QED) is 0.571. The van der Waals surface area contributed by atoms with Gasteiger partial charge in [-0.3, -0.25) is 14.9 Å². The summed E-state index contributed by atoms with van der Waals surface area (Å²) in [7, 11) is 0. The Bertz CT molecular complexity index is 792. The average molecular weight is 211 g/mol. The Kier molecular flexibility index (Phi) is 1.56. The minimum Gasteiger partial charge on any atom is -0.288 e. The van der Waals surface area contributed by atoms with E-state index in [9.17, 15) is 4.79 Å². The molecule has 0 saturated heterocycles. The largest absolute Gasteiger partial charge is 0.288 e. The normalized spacial score (nSPS) is 10.7. The summed E-state index contributed by atoms with van der Waals surface area (Å²) in [5, 5.41) is 18.5. The molecule has 0 amide bonds. The van der Waals surface area contributed by atoms with Gasteiger partial charge in [-0.25, -0.2) is 5.21 Å². The molecule has 0 bridgehead atoms. The molecule has 0 unspecified atom stereocenters. The number of hydrogen-bond donors (Lipinski definition) is 2. The number of pyridine rings is 1. The Morgan fingerprint density at radius 1 is 1.31 bits per heavy atom. The maximum absolute atomic E-state index is 11.8. The molecule has 0 spiro atoms. The lowest BCUT2D eigenvalue weighted by atomic mass is 10.1. The summed E-state index contributed by atoms with van der Waals surface area (Å²) in [4.78, 5) is 15.9. The zero-order valence-corrected chi connectivity index (χ0v) is 7.98. The van der Waals surface area contributed by atoms with Crippen molar-refractivity contribution in [2.24, 2.45) is 0 Å². The lowest BCUT2D eigenvalue weighted by Gasteiger charge is -1.95. The third kappa shape index (κ3) is 1.02. The van der Waals surface area contributed by atoms with Crippen LogP contribution in [0.4, 0.5) is 0 Å². The van der Waals surface area contributed by atoms with Crippen molar-refractivity contribution in [3.63, 3.8) is 0 Å². The summed E-state index contributed by atoms with van der Waals surface area (Å²) < 4.78 is 0. The molecule has 0 aliphatic heterocycles. The second-order valence-electron chi connectivity index (χ2n) is 3.35. The molecule has 2 N–H and O–H groups in total. The van der Waals surface area contributed by atoms with Crippen LogP contribution in [0.15, 0.2) is 23.1 Å². The molecule has 1 aromatic carbocycles. The van der Waals surface area contributed by atoms with E-state index in [0.29, 0.717) is 16.4 Å². The molecule has 3 aromatic rings. The Balaban J connectivity index is 2.56. The molecular formula is C10H5N5O. The molecule has 0 saturated carbocycles. The number of fused-ring (bicyclic) bond motifs is 2. The number of aromatic amines is 2. The van der Waals surface area contributed by atoms with Crippen LogP contribution in [0.25, 0.3) is 21.9 Å². The maximum atomic E-state index is 11.8. The lowest BCUT2D eigenvalue weighted by molar-refractivity contribution is 0.959. The summed E-state index contributed by atoms with van der Waals surface area (Å²) in [6.07, 6.45) is 1.29. The van der Waals surface area contributed by atoms with Gasteiger partial charge in [0.25, 0.3) is 0 Å². The van der Waals surface area contributed by atoms with Gasteiger partial charge < -0.3 is 0 Å². The zero-order chi connectivity index (χ0) is 11.1. The minimum atomic E-state index is -0.308. The number of rotatable bonds is 0. The van der Waals surface area contributed by atoms with Gasteiger partial charge in [0.1, 0.15) is 17.1 Å². The first-order valence-corrected chi connectivity index (χ1v) is 4.55. The van der Waals surface area contributed by atoms with Gasteiger partial charge >= 0.3 is 0 Å². The second kappa shape index (κ2) is 2.90. The SMILES string of the molecule is N#Cc1cnc2cc3[nH][nH]nc3cc2c1=O. The van der Waals surface area contributed by atoms with Crippen LogP contribution in [-0.4, -0.2) is 20.4 Å². The highest BCUT2D eigenvalue weighted by molar-refractivity contribution is 5.92. The molecule has 2 heterocycles. The first-order chi connectivity index (χ1) is 7.79. The van der Waals surface area contributed by atoms with E-state index < -0.39 is 0 Å². The van der Waals surface area contributed by atoms with Crippen LogP contribution in [0.3, 0.4) is 0 Å². The van der Waals surface area contributed by atoms with Gasteiger partial charge in [-0.2, -0.15) is 10.4 Å². The molecule has 0 aliphatic carbocycles. The van der Waals surface area contributed by atoms with Crippen LogP contribution in [0.1, 0.15) is 5.56 Å². The summed E-state index contributed by atoms with van der Waals surface area (Å²) in [6.45, 7) is 0. The lowest BCUT2D eigenvalue weighted by Crippen LogP contribution is -2.06. The minimum absolute atomic E-state index is 0.0476. The third-order valence-corrected chi connectivity index (χ3v) is 2.42. The highest BCUT2D eigenvalue weighted by Crippen LogP contribution is 2.15. The Labute approximate surface area is 88.5 Å². The van der Waals surface area contributed by atoms with E-state index in [0.717, 1.165) is 5.52 Å². The van der Waals surface area contributed by atoms with Crippen molar-refractivity contribution < 1.29 is 0 Å². The predicted molar refractivity (Wildman–Crippen MR) is 56.7 cm³/mol. The number of H-pyrrole nitrogens is 2. The summed E-state index contributed by atoms with van der Waals surface area (Å²) in [5.41, 5.74) is 1.70. The predicted octanol–water partition coefficient (Wildman–Crippen LogP) is 0.671. The van der Waals surface area contributed by atoms with Gasteiger partial charge in [0.05, 0.1) is 16.4 Å². The Morgan fingerprint density at radius 2 is 2.19 bits per heavy atom. The molecule has 0 fully saturated rings. The fourth-order valence-corrected chi connectivity index (χ4v) is 1.62. The van der Waals surface area contributed by atoms with Gasteiger partial charge in [0, 0.05) is 6.20 Å². The van der Waals surface area contributed by atoms with Crippen molar-refractivity contribution in [2.75, 3.05) is 0 Å². The van der Waals surface area contributed by atoms with E-state index in [2.05, 4.69) is 20.4 Å². The van der Waals surface area contributed by atoms with Crippen LogP contribution < -0.4 is 5.43 Å². The molecule has 3 rings (SSSR count). The smallest absolute Gasteiger partial charge is 0.207 e. The molecule has 16 heavy (non-hydrogen) atoms. The first-order valence-electron chi connectivity index (χ1n) is 4.55. The van der Waals surface area contributed by atoms with Crippen LogP contribution in [-0.2, 0) is 0 Å². The van der Waals surface area contributed by atoms with Gasteiger partial charge in [0.2, 0.25) is 5.43 Å². The number of nitrogens with zero attached hydrogens (tertiary/aromatic N) is 3. The number of aromatic nitrogens is 4. The number of benzene rings is 1. The van der Waals surface area contributed by atoms with Gasteiger partial charge in [-0.1, -0.05) is 0 Å². The Hall–Kier alpha value is -2.68. The number of hydrogen-bond acceptors (Lipinski definition) is 4. The fraction of sp³-hybridized carbons (Fsp3) is 0. The molecule has 2 aromatic heterocycles. The van der Waals surface area contributed by atoms with E-state index in [-0.39, 0.29) is 11.0 Å². The van der Waals surface area contributed by atoms with Crippen LogP contribution in [0.5, 0.6) is 0 Å². The van der Waals surface area contributed by atoms with Crippen molar-refractivity contribution >= 4 is 21.9 Å². The maximum Gasteiger partial charge on any atom is 0.207 e. The standard InChI is InChI=1S/C10H5N5O/c11-3-5-4-12-7-2-9-8(13-15-14-9)1-6(7)10(5)16/h1-2,4,14-15H. The second-order valence-corrected chi connectivity index (χ2v) is 3.35. The molecule has 0 aliphatic rings. The van der Waals surface area contributed by atoms with E-state index in [4.69, 9.17) is 5.26 Å². The van der Waals surface area contributed by atoms with E-state index in [1.54, 1.807) is 12.1 Å². The summed E-state index contributed by atoms with van der Waals surface area (Å²) >= 11 is 0. The van der Waals surface area contributed by atoms with Gasteiger partial charge in [-0.15, -0.1) is 0 Å². The third-order valence-electron chi connectivity index (χ3n) is 2.42. The van der Waals surface area contributed by atoms with Crippen molar-refractivity contribution in [3.8, 4) is 6.07 Å². The zero-order valence-electron chi connectivity index (χ0n) is 7.98. The fourth-order valence-electron chi connectivity index (χ4n) is 1.62. The summed E-state index contributed by atoms with van der Waals surface area (Å²) in [6, 6.07) is 5.16. The topological polar surface area (TPSA) is 98.2 Å². The van der Waals surface area contributed by atoms with Crippen LogP contribution in [0.2, 0.25) is 0 Å². The summed E-state index contributed by atoms with van der Waals surface area (Å²) in [5.74, 6) is 0. The van der Waals surface area contributed by atoms with Gasteiger partial charge in [-0.05, 0) is 12.1 Å². The van der Waals surface area contributed by atoms with Crippen molar-refractivity contribution in [1.29, 1.82) is 5.26 Å². The molecule has 76 valence electrons. The molecule has 6 nitrogen and oxygen atoms in total. The van der Waals surface area contributed by atoms with Crippen molar-refractivity contribution in [1.82, 2.24) is 20.4 Å². The first kappa shape index (κ1) is 8.61. The highest BCUT2D eigenvalue weighted by atomic mass is 16.1. The molecule has 0 radical (unpaired) electrons. The highest BCUT2D eigenvalue weighted by Gasteiger charge is 2.07. The van der Waals surface area contributed by atoms with Crippen molar-refractivity contribution in [2.45, 2.75) is 0 Å². The van der Waals surface area contributed by atoms with E-state index >= 15 is 0 Å². The number of nitrogens with one attached hydrogen (secondary N) is 2. The average Bonchev–Trinajstić information content (AvgIpc) is 2.74. The van der Waals surface area contributed by atoms with E-state index in [1.807, 2.05) is 6.07 Å². The molecular weight excluding hydrogens is 206 g/mol.